The Morgan fingerprint density at radius 3 is 2.50 bits per heavy atom. The third kappa shape index (κ3) is 6.07. The Bertz CT molecular complexity index is 1480. The molecule has 0 bridgehead atoms. The van der Waals surface area contributed by atoms with Crippen molar-refractivity contribution >= 4 is 10.0 Å². The second-order valence-electron chi connectivity index (χ2n) is 9.46. The van der Waals surface area contributed by atoms with E-state index < -0.39 is 15.8 Å². The Morgan fingerprint density at radius 1 is 1.08 bits per heavy atom. The number of rotatable bonds is 9. The van der Waals surface area contributed by atoms with E-state index in [9.17, 15) is 8.42 Å². The van der Waals surface area contributed by atoms with Gasteiger partial charge in [-0.25, -0.2) is 22.6 Å². The van der Waals surface area contributed by atoms with Gasteiger partial charge in [0.25, 0.3) is 0 Å². The number of hydrogen-bond donors (Lipinski definition) is 1. The molecule has 0 atom stereocenters. The van der Waals surface area contributed by atoms with Crippen LogP contribution in [0.3, 0.4) is 0 Å². The highest BCUT2D eigenvalue weighted by Crippen LogP contribution is 2.22. The van der Waals surface area contributed by atoms with Crippen molar-refractivity contribution in [1.29, 1.82) is 0 Å². The summed E-state index contributed by atoms with van der Waals surface area (Å²) >= 11 is 0. The van der Waals surface area contributed by atoms with Gasteiger partial charge in [0.2, 0.25) is 10.0 Å². The molecule has 8 nitrogen and oxygen atoms in total. The third-order valence-corrected chi connectivity index (χ3v) is 6.76. The molecular formula is C26H31FN6O2S. The molecular weight excluding hydrogens is 479 g/mol. The first-order valence-corrected chi connectivity index (χ1v) is 13.2. The van der Waals surface area contributed by atoms with E-state index >= 15 is 4.39 Å². The number of hydrogen-bond acceptors (Lipinski definition) is 5. The lowest BCUT2D eigenvalue weighted by molar-refractivity contribution is 0.314. The first-order chi connectivity index (χ1) is 17.0. The quantitative estimate of drug-likeness (QED) is 0.367. The average molecular weight is 511 g/mol. The van der Waals surface area contributed by atoms with Gasteiger partial charge in [0.1, 0.15) is 11.5 Å². The van der Waals surface area contributed by atoms with Crippen molar-refractivity contribution in [1.82, 2.24) is 24.5 Å². The number of aromatic nitrogens is 4. The van der Waals surface area contributed by atoms with E-state index in [-0.39, 0.29) is 10.6 Å². The van der Waals surface area contributed by atoms with Gasteiger partial charge in [-0.1, -0.05) is 29.8 Å². The van der Waals surface area contributed by atoms with Gasteiger partial charge in [-0.2, -0.15) is 10.2 Å². The van der Waals surface area contributed by atoms with Crippen LogP contribution < -0.4 is 5.14 Å². The maximum absolute atomic E-state index is 15.1. The van der Waals surface area contributed by atoms with Crippen LogP contribution in [0, 0.1) is 12.7 Å². The van der Waals surface area contributed by atoms with E-state index in [0.29, 0.717) is 25.6 Å². The van der Waals surface area contributed by atoms with Crippen LogP contribution in [0.1, 0.15) is 48.0 Å². The van der Waals surface area contributed by atoms with E-state index in [4.69, 9.17) is 10.2 Å². The Morgan fingerprint density at radius 2 is 1.86 bits per heavy atom. The van der Waals surface area contributed by atoms with Gasteiger partial charge in [0.05, 0.1) is 16.8 Å². The number of nitrogens with two attached hydrogens (primary N) is 1. The first-order valence-electron chi connectivity index (χ1n) is 11.7. The monoisotopic (exact) mass is 510 g/mol. The summed E-state index contributed by atoms with van der Waals surface area (Å²) in [6.07, 6.45) is 4.43. The molecule has 0 radical (unpaired) electrons. The first kappa shape index (κ1) is 25.7. The summed E-state index contributed by atoms with van der Waals surface area (Å²) in [4.78, 5) is 1.84. The summed E-state index contributed by atoms with van der Waals surface area (Å²) in [6, 6.07) is 14.0. The van der Waals surface area contributed by atoms with E-state index in [2.05, 4.69) is 29.9 Å². The summed E-state index contributed by atoms with van der Waals surface area (Å²) in [5.41, 5.74) is 5.01. The lowest BCUT2D eigenvalue weighted by atomic mass is 10.1. The zero-order valence-corrected chi connectivity index (χ0v) is 21.7. The molecule has 190 valence electrons. The minimum Gasteiger partial charge on any atom is -0.296 e. The Balaban J connectivity index is 1.65. The normalized spacial score (nSPS) is 12.1. The molecule has 0 saturated heterocycles. The second kappa shape index (κ2) is 10.3. The summed E-state index contributed by atoms with van der Waals surface area (Å²) in [5, 5.41) is 14.3. The molecule has 4 rings (SSSR count). The topological polar surface area (TPSA) is 99.0 Å². The molecule has 10 heteroatoms. The van der Waals surface area contributed by atoms with E-state index in [1.165, 1.54) is 12.1 Å². The van der Waals surface area contributed by atoms with Crippen LogP contribution in [0.4, 0.5) is 4.39 Å². The van der Waals surface area contributed by atoms with Gasteiger partial charge < -0.3 is 0 Å². The fraction of sp³-hybridized carbons (Fsp3) is 0.308. The molecule has 2 heterocycles. The van der Waals surface area contributed by atoms with Crippen molar-refractivity contribution in [2.24, 2.45) is 5.14 Å². The third-order valence-electron chi connectivity index (χ3n) is 5.85. The smallest absolute Gasteiger partial charge is 0.238 e. The lowest BCUT2D eigenvalue weighted by Crippen LogP contribution is -2.17. The summed E-state index contributed by atoms with van der Waals surface area (Å²) in [6.45, 7) is 7.41. The van der Waals surface area contributed by atoms with Gasteiger partial charge in [-0.05, 0) is 57.6 Å². The Labute approximate surface area is 211 Å². The molecule has 0 saturated carbocycles. The highest BCUT2D eigenvalue weighted by Gasteiger charge is 2.18. The molecule has 0 aliphatic rings. The molecule has 0 aliphatic heterocycles. The fourth-order valence-corrected chi connectivity index (χ4v) is 4.67. The van der Waals surface area contributed by atoms with Gasteiger partial charge in [-0.3, -0.25) is 9.58 Å². The molecule has 2 aromatic carbocycles. The summed E-state index contributed by atoms with van der Waals surface area (Å²) in [7, 11) is -2.02. The van der Waals surface area contributed by atoms with Crippen molar-refractivity contribution in [3.05, 3.63) is 94.8 Å². The highest BCUT2D eigenvalue weighted by molar-refractivity contribution is 7.89. The number of nitrogens with zero attached hydrogens (tertiary/aromatic N) is 5. The maximum Gasteiger partial charge on any atom is 0.238 e. The SMILES string of the molecule is Cc1cccc(Cc2cc(CN(C)Cc3cnn(C(C)C)c3)nn2-c2ccc(S(N)(=O)=O)cc2F)c1. The molecule has 36 heavy (non-hydrogen) atoms. The van der Waals surface area contributed by atoms with Crippen LogP contribution in [0.25, 0.3) is 5.69 Å². The number of benzene rings is 2. The molecule has 2 aromatic heterocycles. The van der Waals surface area contributed by atoms with E-state index in [1.54, 1.807) is 4.68 Å². The van der Waals surface area contributed by atoms with Crippen LogP contribution in [-0.4, -0.2) is 39.9 Å². The lowest BCUT2D eigenvalue weighted by Gasteiger charge is -2.14. The molecule has 0 unspecified atom stereocenters. The van der Waals surface area contributed by atoms with Crippen molar-refractivity contribution < 1.29 is 12.8 Å². The van der Waals surface area contributed by atoms with E-state index in [0.717, 1.165) is 34.1 Å². The average Bonchev–Trinajstić information content (AvgIpc) is 3.40. The van der Waals surface area contributed by atoms with Crippen LogP contribution in [0.5, 0.6) is 0 Å². The molecule has 0 aliphatic carbocycles. The standard InChI is InChI=1S/C26H31FN6O2S/c1-18(2)32-16-21(14-29-32)15-31(4)17-22-12-23(11-20-7-5-6-19(3)10-20)33(30-22)26-9-8-24(13-25(26)27)36(28,34)35/h5-10,12-14,16,18H,11,15,17H2,1-4H3,(H2,28,34,35). The zero-order valence-electron chi connectivity index (χ0n) is 20.9. The maximum atomic E-state index is 15.1. The van der Waals surface area contributed by atoms with Gasteiger partial charge in [-0.15, -0.1) is 0 Å². The molecule has 4 aromatic rings. The van der Waals surface area contributed by atoms with Gasteiger partial charge in [0.15, 0.2) is 0 Å². The van der Waals surface area contributed by atoms with Crippen molar-refractivity contribution in [3.63, 3.8) is 0 Å². The molecule has 0 spiro atoms. The predicted molar refractivity (Wildman–Crippen MR) is 137 cm³/mol. The van der Waals surface area contributed by atoms with Crippen LogP contribution in [0.15, 0.2) is 65.8 Å². The number of primary sulfonamides is 1. The number of sulfonamides is 1. The molecule has 2 N–H and O–H groups in total. The largest absolute Gasteiger partial charge is 0.296 e. The zero-order chi connectivity index (χ0) is 26.0. The van der Waals surface area contributed by atoms with Gasteiger partial charge in [0, 0.05) is 43.0 Å². The second-order valence-corrected chi connectivity index (χ2v) is 11.0. The number of aryl methyl sites for hydroxylation is 1. The van der Waals surface area contributed by atoms with Crippen molar-refractivity contribution in [3.8, 4) is 5.69 Å². The highest BCUT2D eigenvalue weighted by atomic mass is 32.2. The van der Waals surface area contributed by atoms with Crippen LogP contribution in [-0.2, 0) is 29.5 Å². The fourth-order valence-electron chi connectivity index (χ4n) is 4.14. The van der Waals surface area contributed by atoms with E-state index in [1.807, 2.05) is 55.3 Å². The molecule has 0 amide bonds. The molecule has 0 fully saturated rings. The Hall–Kier alpha value is -3.34. The Kier molecular flexibility index (Phi) is 7.39. The predicted octanol–water partition coefficient (Wildman–Crippen LogP) is 3.97. The van der Waals surface area contributed by atoms with Gasteiger partial charge >= 0.3 is 0 Å². The number of halogens is 1. The summed E-state index contributed by atoms with van der Waals surface area (Å²) in [5.74, 6) is -0.712. The minimum atomic E-state index is -4.02. The van der Waals surface area contributed by atoms with Crippen LogP contribution >= 0.6 is 0 Å². The summed E-state index contributed by atoms with van der Waals surface area (Å²) < 4.78 is 41.9. The minimum absolute atomic E-state index is 0.164. The van der Waals surface area contributed by atoms with Crippen molar-refractivity contribution in [2.75, 3.05) is 7.05 Å². The van der Waals surface area contributed by atoms with Crippen molar-refractivity contribution in [2.45, 2.75) is 51.2 Å². The van der Waals surface area contributed by atoms with Crippen LogP contribution in [0.2, 0.25) is 0 Å².